The standard InChI is InChI=1S/C14H17BrClNO/c1-2-17(9-10-4-3-5-10)14(18)11-6-7-12(15)13(16)8-11/h6-8,10H,2-5,9H2,1H3. The molecule has 1 aliphatic rings. The zero-order valence-electron chi connectivity index (χ0n) is 10.5. The van der Waals surface area contributed by atoms with Crippen molar-refractivity contribution in [3.05, 3.63) is 33.3 Å². The number of rotatable bonds is 4. The van der Waals surface area contributed by atoms with Crippen molar-refractivity contribution in [3.63, 3.8) is 0 Å². The Kier molecular flexibility index (Phi) is 4.68. The van der Waals surface area contributed by atoms with Gasteiger partial charge in [-0.1, -0.05) is 18.0 Å². The zero-order valence-corrected chi connectivity index (χ0v) is 12.8. The van der Waals surface area contributed by atoms with Crippen LogP contribution in [0.15, 0.2) is 22.7 Å². The van der Waals surface area contributed by atoms with Crippen LogP contribution in [0, 0.1) is 5.92 Å². The molecule has 0 spiro atoms. The van der Waals surface area contributed by atoms with Gasteiger partial charge in [-0.25, -0.2) is 0 Å². The van der Waals surface area contributed by atoms with Gasteiger partial charge < -0.3 is 4.90 Å². The molecule has 0 N–H and O–H groups in total. The van der Waals surface area contributed by atoms with Gasteiger partial charge in [0.25, 0.3) is 5.91 Å². The molecule has 2 rings (SSSR count). The molecule has 1 saturated carbocycles. The number of carbonyl (C=O) groups is 1. The smallest absolute Gasteiger partial charge is 0.253 e. The molecule has 98 valence electrons. The minimum Gasteiger partial charge on any atom is -0.339 e. The lowest BCUT2D eigenvalue weighted by Crippen LogP contribution is -2.37. The molecule has 1 aromatic rings. The molecule has 1 fully saturated rings. The zero-order chi connectivity index (χ0) is 13.1. The van der Waals surface area contributed by atoms with Crippen LogP contribution in [0.4, 0.5) is 0 Å². The van der Waals surface area contributed by atoms with Crippen LogP contribution in [0.3, 0.4) is 0 Å². The second kappa shape index (κ2) is 6.07. The van der Waals surface area contributed by atoms with E-state index in [1.54, 1.807) is 6.07 Å². The van der Waals surface area contributed by atoms with Crippen molar-refractivity contribution in [2.24, 2.45) is 5.92 Å². The van der Waals surface area contributed by atoms with Crippen LogP contribution in [0.1, 0.15) is 36.5 Å². The van der Waals surface area contributed by atoms with Gasteiger partial charge in [-0.15, -0.1) is 0 Å². The van der Waals surface area contributed by atoms with Gasteiger partial charge in [0.05, 0.1) is 5.02 Å². The van der Waals surface area contributed by atoms with E-state index < -0.39 is 0 Å². The first kappa shape index (κ1) is 13.9. The highest BCUT2D eigenvalue weighted by molar-refractivity contribution is 9.10. The Morgan fingerprint density at radius 2 is 2.22 bits per heavy atom. The van der Waals surface area contributed by atoms with Gasteiger partial charge in [0.2, 0.25) is 0 Å². The number of carbonyl (C=O) groups excluding carboxylic acids is 1. The van der Waals surface area contributed by atoms with Gasteiger partial charge in [-0.3, -0.25) is 4.79 Å². The fraction of sp³-hybridized carbons (Fsp3) is 0.500. The van der Waals surface area contributed by atoms with E-state index in [4.69, 9.17) is 11.6 Å². The largest absolute Gasteiger partial charge is 0.339 e. The number of benzene rings is 1. The average Bonchev–Trinajstić information content (AvgIpc) is 2.31. The molecular weight excluding hydrogens is 314 g/mol. The third-order valence-electron chi connectivity index (χ3n) is 3.54. The van der Waals surface area contributed by atoms with E-state index in [0.29, 0.717) is 16.5 Å². The van der Waals surface area contributed by atoms with Crippen LogP contribution < -0.4 is 0 Å². The normalized spacial score (nSPS) is 15.3. The highest BCUT2D eigenvalue weighted by atomic mass is 79.9. The molecule has 1 aliphatic carbocycles. The Balaban J connectivity index is 2.09. The summed E-state index contributed by atoms with van der Waals surface area (Å²) in [5.74, 6) is 0.777. The fourth-order valence-corrected chi connectivity index (χ4v) is 2.58. The molecule has 1 amide bonds. The fourth-order valence-electron chi connectivity index (χ4n) is 2.15. The van der Waals surface area contributed by atoms with Gasteiger partial charge >= 0.3 is 0 Å². The van der Waals surface area contributed by atoms with Crippen LogP contribution in [-0.2, 0) is 0 Å². The Labute approximate surface area is 121 Å². The van der Waals surface area contributed by atoms with Crippen molar-refractivity contribution in [2.75, 3.05) is 13.1 Å². The van der Waals surface area contributed by atoms with E-state index in [1.807, 2.05) is 24.0 Å². The summed E-state index contributed by atoms with van der Waals surface area (Å²) in [4.78, 5) is 14.3. The molecule has 0 heterocycles. The number of halogens is 2. The molecule has 0 aromatic heterocycles. The summed E-state index contributed by atoms with van der Waals surface area (Å²) < 4.78 is 0.822. The van der Waals surface area contributed by atoms with Crippen LogP contribution >= 0.6 is 27.5 Å². The molecule has 0 unspecified atom stereocenters. The van der Waals surface area contributed by atoms with E-state index in [9.17, 15) is 4.79 Å². The predicted octanol–water partition coefficient (Wildman–Crippen LogP) is 4.36. The molecule has 1 aromatic carbocycles. The van der Waals surface area contributed by atoms with Crippen LogP contribution in [0.25, 0.3) is 0 Å². The second-order valence-corrected chi connectivity index (χ2v) is 6.03. The SMILES string of the molecule is CCN(CC1CCC1)C(=O)c1ccc(Br)c(Cl)c1. The minimum atomic E-state index is 0.0822. The van der Waals surface area contributed by atoms with Gasteiger partial charge in [0.15, 0.2) is 0 Å². The minimum absolute atomic E-state index is 0.0822. The number of hydrogen-bond acceptors (Lipinski definition) is 1. The Hall–Kier alpha value is -0.540. The van der Waals surface area contributed by atoms with Gasteiger partial charge in [-0.2, -0.15) is 0 Å². The monoisotopic (exact) mass is 329 g/mol. The van der Waals surface area contributed by atoms with Gasteiger partial charge in [-0.05, 0) is 59.8 Å². The van der Waals surface area contributed by atoms with Crippen molar-refractivity contribution in [1.29, 1.82) is 0 Å². The third kappa shape index (κ3) is 3.07. The first-order valence-corrected chi connectivity index (χ1v) is 7.53. The average molecular weight is 331 g/mol. The summed E-state index contributed by atoms with van der Waals surface area (Å²) in [6, 6.07) is 5.38. The summed E-state index contributed by atoms with van der Waals surface area (Å²) in [5, 5.41) is 0.584. The molecule has 2 nitrogen and oxygen atoms in total. The topological polar surface area (TPSA) is 20.3 Å². The predicted molar refractivity (Wildman–Crippen MR) is 78.1 cm³/mol. The maximum Gasteiger partial charge on any atom is 0.253 e. The third-order valence-corrected chi connectivity index (χ3v) is 4.77. The van der Waals surface area contributed by atoms with Crippen molar-refractivity contribution >= 4 is 33.4 Å². The summed E-state index contributed by atoms with van der Waals surface area (Å²) in [6.45, 7) is 3.66. The first-order chi connectivity index (χ1) is 8.61. The van der Waals surface area contributed by atoms with Crippen molar-refractivity contribution in [2.45, 2.75) is 26.2 Å². The maximum atomic E-state index is 12.4. The Bertz CT molecular complexity index is 445. The van der Waals surface area contributed by atoms with E-state index in [1.165, 1.54) is 19.3 Å². The number of nitrogens with zero attached hydrogens (tertiary/aromatic N) is 1. The molecule has 0 saturated heterocycles. The number of amides is 1. The van der Waals surface area contributed by atoms with Crippen LogP contribution in [-0.4, -0.2) is 23.9 Å². The lowest BCUT2D eigenvalue weighted by atomic mass is 9.85. The highest BCUT2D eigenvalue weighted by Crippen LogP contribution is 2.28. The van der Waals surface area contributed by atoms with Gasteiger partial charge in [0.1, 0.15) is 0 Å². The first-order valence-electron chi connectivity index (χ1n) is 6.36. The van der Waals surface area contributed by atoms with Crippen molar-refractivity contribution in [1.82, 2.24) is 4.90 Å². The quantitative estimate of drug-likeness (QED) is 0.803. The molecule has 0 bridgehead atoms. The maximum absolute atomic E-state index is 12.4. The van der Waals surface area contributed by atoms with E-state index >= 15 is 0 Å². The summed E-state index contributed by atoms with van der Waals surface area (Å²) in [6.07, 6.45) is 3.82. The Morgan fingerprint density at radius 1 is 1.50 bits per heavy atom. The lowest BCUT2D eigenvalue weighted by molar-refractivity contribution is 0.0706. The summed E-state index contributed by atoms with van der Waals surface area (Å²) >= 11 is 9.37. The van der Waals surface area contributed by atoms with E-state index in [-0.39, 0.29) is 5.91 Å². The molecule has 18 heavy (non-hydrogen) atoms. The van der Waals surface area contributed by atoms with Crippen LogP contribution in [0.2, 0.25) is 5.02 Å². The van der Waals surface area contributed by atoms with Crippen molar-refractivity contribution in [3.8, 4) is 0 Å². The molecule has 0 aliphatic heterocycles. The van der Waals surface area contributed by atoms with E-state index in [0.717, 1.165) is 17.6 Å². The lowest BCUT2D eigenvalue weighted by Gasteiger charge is -2.31. The van der Waals surface area contributed by atoms with Gasteiger partial charge in [0, 0.05) is 23.1 Å². The molecular formula is C14H17BrClNO. The molecule has 0 radical (unpaired) electrons. The summed E-state index contributed by atoms with van der Waals surface area (Å²) in [7, 11) is 0. The summed E-state index contributed by atoms with van der Waals surface area (Å²) in [5.41, 5.74) is 0.671. The number of hydrogen-bond donors (Lipinski definition) is 0. The second-order valence-electron chi connectivity index (χ2n) is 4.77. The highest BCUT2D eigenvalue weighted by Gasteiger charge is 2.23. The molecule has 0 atom stereocenters. The van der Waals surface area contributed by atoms with Crippen LogP contribution in [0.5, 0.6) is 0 Å². The van der Waals surface area contributed by atoms with Crippen molar-refractivity contribution < 1.29 is 4.79 Å². The van der Waals surface area contributed by atoms with E-state index in [2.05, 4.69) is 15.9 Å². The molecule has 4 heteroatoms. The Morgan fingerprint density at radius 3 is 2.72 bits per heavy atom.